The normalized spacial score (nSPS) is 13.9. The summed E-state index contributed by atoms with van der Waals surface area (Å²) in [7, 11) is 0. The molecule has 0 spiro atoms. The van der Waals surface area contributed by atoms with Crippen LogP contribution in [0.5, 0.6) is 0 Å². The molecule has 1 aromatic carbocycles. The third-order valence-electron chi connectivity index (χ3n) is 2.71. The molecule has 1 amide bonds. The number of hydrogen-bond acceptors (Lipinski definition) is 5. The molecule has 1 rings (SSSR count). The van der Waals surface area contributed by atoms with Crippen molar-refractivity contribution in [3.05, 3.63) is 38.9 Å². The van der Waals surface area contributed by atoms with E-state index < -0.39 is 22.2 Å². The fourth-order valence-electron chi connectivity index (χ4n) is 1.77. The fraction of sp³-hybridized carbons (Fsp3) is 0.429. The highest BCUT2D eigenvalue weighted by atomic mass is 35.5. The highest BCUT2D eigenvalue weighted by molar-refractivity contribution is 6.30. The quantitative estimate of drug-likeness (QED) is 0.520. The molecule has 8 heteroatoms. The second-order valence-electron chi connectivity index (χ2n) is 5.87. The predicted molar refractivity (Wildman–Crippen MR) is 80.9 cm³/mol. The summed E-state index contributed by atoms with van der Waals surface area (Å²) < 4.78 is 5.08. The van der Waals surface area contributed by atoms with Gasteiger partial charge in [0.2, 0.25) is 0 Å². The lowest BCUT2D eigenvalue weighted by Crippen LogP contribution is -2.47. The van der Waals surface area contributed by atoms with Crippen LogP contribution in [0.2, 0.25) is 5.02 Å². The smallest absolute Gasteiger partial charge is 0.408 e. The van der Waals surface area contributed by atoms with Crippen LogP contribution >= 0.6 is 11.6 Å². The van der Waals surface area contributed by atoms with Crippen LogP contribution in [-0.2, 0) is 15.1 Å². The number of alkyl carbamates (subject to hydrolysis) is 1. The Bertz CT molecular complexity index is 612. The predicted octanol–water partition coefficient (Wildman–Crippen LogP) is 3.19. The molecule has 120 valence electrons. The molecule has 0 aliphatic rings. The van der Waals surface area contributed by atoms with E-state index in [4.69, 9.17) is 16.3 Å². The summed E-state index contributed by atoms with van der Waals surface area (Å²) in [6.45, 7) is 6.33. The number of nitro groups is 1. The van der Waals surface area contributed by atoms with E-state index in [0.29, 0.717) is 6.29 Å². The van der Waals surface area contributed by atoms with E-state index in [1.54, 1.807) is 20.8 Å². The van der Waals surface area contributed by atoms with Gasteiger partial charge in [-0.3, -0.25) is 10.1 Å². The van der Waals surface area contributed by atoms with Gasteiger partial charge in [0.15, 0.2) is 0 Å². The Morgan fingerprint density at radius 1 is 1.36 bits per heavy atom. The number of rotatable bonds is 4. The molecule has 1 aromatic rings. The maximum absolute atomic E-state index is 11.9. The zero-order valence-electron chi connectivity index (χ0n) is 12.7. The minimum atomic E-state index is -1.62. The van der Waals surface area contributed by atoms with Crippen LogP contribution in [0.3, 0.4) is 0 Å². The second-order valence-corrected chi connectivity index (χ2v) is 6.30. The molecule has 0 fully saturated rings. The van der Waals surface area contributed by atoms with Gasteiger partial charge in [0.05, 0.1) is 10.5 Å². The molecule has 0 aliphatic carbocycles. The van der Waals surface area contributed by atoms with Gasteiger partial charge in [0.1, 0.15) is 17.4 Å². The standard InChI is InChI=1S/C14H17ClN2O5/c1-13(2,3)22-12(19)16-14(4,8-18)10-6-5-9(15)7-11(10)17(20)21/h5-8H,1-4H3,(H,16,19). The van der Waals surface area contributed by atoms with Crippen LogP contribution in [0.25, 0.3) is 0 Å². The molecule has 0 aliphatic heterocycles. The van der Waals surface area contributed by atoms with Gasteiger partial charge in [-0.15, -0.1) is 0 Å². The lowest BCUT2D eigenvalue weighted by atomic mass is 9.92. The number of aldehydes is 1. The van der Waals surface area contributed by atoms with Crippen molar-refractivity contribution in [2.45, 2.75) is 38.8 Å². The van der Waals surface area contributed by atoms with Crippen molar-refractivity contribution in [2.24, 2.45) is 0 Å². The summed E-state index contributed by atoms with van der Waals surface area (Å²) in [6.07, 6.45) is -0.445. The molecule has 0 saturated carbocycles. The number of nitrogens with zero attached hydrogens (tertiary/aromatic N) is 1. The Morgan fingerprint density at radius 3 is 2.41 bits per heavy atom. The van der Waals surface area contributed by atoms with E-state index in [0.717, 1.165) is 6.07 Å². The monoisotopic (exact) mass is 328 g/mol. The van der Waals surface area contributed by atoms with E-state index >= 15 is 0 Å². The minimum absolute atomic E-state index is 0.0164. The van der Waals surface area contributed by atoms with Crippen LogP contribution in [0.1, 0.15) is 33.3 Å². The number of ether oxygens (including phenoxy) is 1. The van der Waals surface area contributed by atoms with Gasteiger partial charge >= 0.3 is 6.09 Å². The van der Waals surface area contributed by atoms with Gasteiger partial charge < -0.3 is 14.8 Å². The third-order valence-corrected chi connectivity index (χ3v) is 2.95. The fourth-order valence-corrected chi connectivity index (χ4v) is 1.94. The van der Waals surface area contributed by atoms with E-state index in [2.05, 4.69) is 5.32 Å². The summed E-state index contributed by atoms with van der Waals surface area (Å²) in [4.78, 5) is 33.8. The van der Waals surface area contributed by atoms with Crippen molar-refractivity contribution in [1.82, 2.24) is 5.32 Å². The Balaban J connectivity index is 3.22. The van der Waals surface area contributed by atoms with Crippen molar-refractivity contribution in [3.63, 3.8) is 0 Å². The van der Waals surface area contributed by atoms with Crippen molar-refractivity contribution in [1.29, 1.82) is 0 Å². The van der Waals surface area contributed by atoms with Crippen LogP contribution < -0.4 is 5.32 Å². The number of nitro benzene ring substituents is 1. The van der Waals surface area contributed by atoms with Crippen molar-refractivity contribution in [2.75, 3.05) is 0 Å². The molecule has 0 radical (unpaired) electrons. The topological polar surface area (TPSA) is 98.5 Å². The number of halogens is 1. The highest BCUT2D eigenvalue weighted by Gasteiger charge is 2.36. The Hall–Kier alpha value is -2.15. The third kappa shape index (κ3) is 4.42. The maximum Gasteiger partial charge on any atom is 0.408 e. The number of nitrogens with one attached hydrogen (secondary N) is 1. The molecular weight excluding hydrogens is 312 g/mol. The summed E-state index contributed by atoms with van der Waals surface area (Å²) in [6, 6.07) is 3.85. The lowest BCUT2D eigenvalue weighted by molar-refractivity contribution is -0.386. The zero-order chi connectivity index (χ0) is 17.1. The van der Waals surface area contributed by atoms with E-state index in [1.807, 2.05) is 0 Å². The molecule has 1 atom stereocenters. The van der Waals surface area contributed by atoms with E-state index in [9.17, 15) is 19.7 Å². The summed E-state index contributed by atoms with van der Waals surface area (Å²) in [5, 5.41) is 13.6. The van der Waals surface area contributed by atoms with Crippen molar-refractivity contribution in [3.8, 4) is 0 Å². The maximum atomic E-state index is 11.9. The van der Waals surface area contributed by atoms with Gasteiger partial charge in [-0.2, -0.15) is 0 Å². The van der Waals surface area contributed by atoms with Gasteiger partial charge in [0, 0.05) is 11.1 Å². The Kier molecular flexibility index (Phi) is 5.13. The largest absolute Gasteiger partial charge is 0.444 e. The van der Waals surface area contributed by atoms with Gasteiger partial charge in [-0.05, 0) is 39.8 Å². The summed E-state index contributed by atoms with van der Waals surface area (Å²) >= 11 is 5.74. The summed E-state index contributed by atoms with van der Waals surface area (Å²) in [5.74, 6) is 0. The van der Waals surface area contributed by atoms with Crippen molar-refractivity contribution >= 4 is 29.7 Å². The van der Waals surface area contributed by atoms with Crippen LogP contribution in [0, 0.1) is 10.1 Å². The minimum Gasteiger partial charge on any atom is -0.444 e. The van der Waals surface area contributed by atoms with E-state index in [-0.39, 0.29) is 16.3 Å². The Labute approximate surface area is 132 Å². The van der Waals surface area contributed by atoms with Crippen LogP contribution in [0.15, 0.2) is 18.2 Å². The number of carbonyl (C=O) groups is 2. The first-order chi connectivity index (χ1) is 9.98. The SMILES string of the molecule is CC(C)(C)OC(=O)NC(C)(C=O)c1ccc(Cl)cc1[N+](=O)[O-]. The molecule has 1 unspecified atom stereocenters. The van der Waals surface area contributed by atoms with Gasteiger partial charge in [-0.25, -0.2) is 4.79 Å². The van der Waals surface area contributed by atoms with Crippen LogP contribution in [-0.4, -0.2) is 22.9 Å². The average molecular weight is 329 g/mol. The average Bonchev–Trinajstić information content (AvgIpc) is 2.35. The lowest BCUT2D eigenvalue weighted by Gasteiger charge is -2.27. The number of hydrogen-bond donors (Lipinski definition) is 1. The molecule has 0 heterocycles. The zero-order valence-corrected chi connectivity index (χ0v) is 13.4. The van der Waals surface area contributed by atoms with E-state index in [1.165, 1.54) is 19.1 Å². The van der Waals surface area contributed by atoms with Gasteiger partial charge in [-0.1, -0.05) is 11.6 Å². The molecule has 1 N–H and O–H groups in total. The van der Waals surface area contributed by atoms with Crippen molar-refractivity contribution < 1.29 is 19.2 Å². The van der Waals surface area contributed by atoms with Gasteiger partial charge in [0.25, 0.3) is 5.69 Å². The highest BCUT2D eigenvalue weighted by Crippen LogP contribution is 2.31. The second kappa shape index (κ2) is 6.31. The first-order valence-electron chi connectivity index (χ1n) is 6.40. The molecule has 22 heavy (non-hydrogen) atoms. The number of amides is 1. The summed E-state index contributed by atoms with van der Waals surface area (Å²) in [5.41, 5.74) is -2.73. The van der Waals surface area contributed by atoms with Crippen LogP contribution in [0.4, 0.5) is 10.5 Å². The molecule has 7 nitrogen and oxygen atoms in total. The Morgan fingerprint density at radius 2 is 1.95 bits per heavy atom. The number of carbonyl (C=O) groups excluding carboxylic acids is 2. The molecule has 0 saturated heterocycles. The molecule has 0 aromatic heterocycles. The molecule has 0 bridgehead atoms. The first-order valence-corrected chi connectivity index (χ1v) is 6.78. The first kappa shape index (κ1) is 17.9. The number of benzene rings is 1. The molecular formula is C14H17ClN2O5.